The first-order valence-corrected chi connectivity index (χ1v) is 7.87. The summed E-state index contributed by atoms with van der Waals surface area (Å²) in [7, 11) is -2.33. The van der Waals surface area contributed by atoms with Crippen LogP contribution in [0.15, 0.2) is 17.0 Å². The Morgan fingerprint density at radius 3 is 2.65 bits per heavy atom. The average Bonchev–Trinajstić information content (AvgIpc) is 2.33. The maximum Gasteiger partial charge on any atom is 0.241 e. The van der Waals surface area contributed by atoms with Crippen molar-refractivity contribution in [3.63, 3.8) is 0 Å². The molecule has 0 aliphatic rings. The van der Waals surface area contributed by atoms with E-state index in [1.807, 2.05) is 6.92 Å². The summed E-state index contributed by atoms with van der Waals surface area (Å²) in [6, 6.07) is 2.02. The van der Waals surface area contributed by atoms with E-state index in [0.717, 1.165) is 12.5 Å². The van der Waals surface area contributed by atoms with Gasteiger partial charge in [0.25, 0.3) is 0 Å². The molecule has 0 radical (unpaired) electrons. The van der Waals surface area contributed by atoms with E-state index in [0.29, 0.717) is 6.42 Å². The first-order chi connectivity index (χ1) is 9.31. The standard InChI is InChI=1S/C13H21FN2O3S/c1-4-5-11(8-19-3)16-20(17,18)13-7-10(15)6-12(14)9(13)2/h6-7,11,16H,4-5,8,15H2,1-3H3. The highest BCUT2D eigenvalue weighted by Gasteiger charge is 2.23. The quantitative estimate of drug-likeness (QED) is 0.753. The summed E-state index contributed by atoms with van der Waals surface area (Å²) >= 11 is 0. The zero-order valence-electron chi connectivity index (χ0n) is 11.9. The van der Waals surface area contributed by atoms with Crippen molar-refractivity contribution in [1.29, 1.82) is 0 Å². The van der Waals surface area contributed by atoms with Gasteiger partial charge < -0.3 is 10.5 Å². The molecule has 1 atom stereocenters. The van der Waals surface area contributed by atoms with Crippen LogP contribution < -0.4 is 10.5 Å². The number of methoxy groups -OCH3 is 1. The number of halogens is 1. The van der Waals surface area contributed by atoms with E-state index in [4.69, 9.17) is 10.5 Å². The van der Waals surface area contributed by atoms with Crippen LogP contribution in [0.3, 0.4) is 0 Å². The molecule has 114 valence electrons. The Morgan fingerprint density at radius 1 is 1.45 bits per heavy atom. The highest BCUT2D eigenvalue weighted by Crippen LogP contribution is 2.22. The van der Waals surface area contributed by atoms with Gasteiger partial charge in [0, 0.05) is 24.4 Å². The van der Waals surface area contributed by atoms with Gasteiger partial charge in [0.1, 0.15) is 5.82 Å². The van der Waals surface area contributed by atoms with Crippen molar-refractivity contribution in [3.8, 4) is 0 Å². The van der Waals surface area contributed by atoms with Crippen LogP contribution in [0.25, 0.3) is 0 Å². The predicted octanol–water partition coefficient (Wildman–Crippen LogP) is 1.81. The molecule has 0 aliphatic carbocycles. The second kappa shape index (κ2) is 7.01. The number of rotatable bonds is 7. The molecule has 0 saturated carbocycles. The Labute approximate surface area is 119 Å². The normalized spacial score (nSPS) is 13.4. The zero-order chi connectivity index (χ0) is 15.3. The van der Waals surface area contributed by atoms with Crippen molar-refractivity contribution < 1.29 is 17.5 Å². The smallest absolute Gasteiger partial charge is 0.241 e. The third-order valence-electron chi connectivity index (χ3n) is 2.94. The lowest BCUT2D eigenvalue weighted by Gasteiger charge is -2.18. The van der Waals surface area contributed by atoms with Crippen LogP contribution in [0, 0.1) is 12.7 Å². The highest BCUT2D eigenvalue weighted by atomic mass is 32.2. The van der Waals surface area contributed by atoms with E-state index in [9.17, 15) is 12.8 Å². The third-order valence-corrected chi connectivity index (χ3v) is 4.58. The molecule has 0 spiro atoms. The molecule has 7 heteroatoms. The van der Waals surface area contributed by atoms with E-state index >= 15 is 0 Å². The van der Waals surface area contributed by atoms with Gasteiger partial charge in [0.15, 0.2) is 0 Å². The zero-order valence-corrected chi connectivity index (χ0v) is 12.8. The van der Waals surface area contributed by atoms with E-state index in [1.165, 1.54) is 20.1 Å². The number of nitrogens with two attached hydrogens (primary N) is 1. The molecule has 0 aromatic heterocycles. The van der Waals surface area contributed by atoms with Crippen molar-refractivity contribution in [3.05, 3.63) is 23.5 Å². The fourth-order valence-electron chi connectivity index (χ4n) is 1.96. The molecule has 1 aromatic rings. The molecule has 1 rings (SSSR count). The highest BCUT2D eigenvalue weighted by molar-refractivity contribution is 7.89. The lowest BCUT2D eigenvalue weighted by Crippen LogP contribution is -2.38. The summed E-state index contributed by atoms with van der Waals surface area (Å²) in [6.45, 7) is 3.62. The van der Waals surface area contributed by atoms with Crippen LogP contribution in [0.5, 0.6) is 0 Å². The molecule has 0 aliphatic heterocycles. The summed E-state index contributed by atoms with van der Waals surface area (Å²) in [5.74, 6) is -0.635. The van der Waals surface area contributed by atoms with Gasteiger partial charge in [-0.05, 0) is 25.5 Å². The number of ether oxygens (including phenoxy) is 1. The van der Waals surface area contributed by atoms with E-state index in [-0.39, 0.29) is 28.8 Å². The lowest BCUT2D eigenvalue weighted by molar-refractivity contribution is 0.171. The van der Waals surface area contributed by atoms with Crippen molar-refractivity contribution in [2.24, 2.45) is 0 Å². The second-order valence-electron chi connectivity index (χ2n) is 4.69. The number of benzene rings is 1. The number of hydrogen-bond donors (Lipinski definition) is 2. The average molecular weight is 304 g/mol. The van der Waals surface area contributed by atoms with Crippen LogP contribution >= 0.6 is 0 Å². The third kappa shape index (κ3) is 4.16. The molecule has 0 bridgehead atoms. The number of anilines is 1. The van der Waals surface area contributed by atoms with Gasteiger partial charge in [-0.2, -0.15) is 0 Å². The molecule has 1 unspecified atom stereocenters. The van der Waals surface area contributed by atoms with Gasteiger partial charge in [-0.3, -0.25) is 0 Å². The van der Waals surface area contributed by atoms with Crippen LogP contribution in [-0.4, -0.2) is 28.2 Å². The van der Waals surface area contributed by atoms with Gasteiger partial charge in [0.05, 0.1) is 11.5 Å². The first kappa shape index (κ1) is 16.9. The fourth-order valence-corrected chi connectivity index (χ4v) is 3.51. The van der Waals surface area contributed by atoms with E-state index < -0.39 is 15.8 Å². The molecule has 0 heterocycles. The van der Waals surface area contributed by atoms with Crippen LogP contribution in [-0.2, 0) is 14.8 Å². The summed E-state index contributed by atoms with van der Waals surface area (Å²) in [4.78, 5) is -0.132. The van der Waals surface area contributed by atoms with Crippen molar-refractivity contribution in [2.45, 2.75) is 37.6 Å². The van der Waals surface area contributed by atoms with Crippen molar-refractivity contribution in [1.82, 2.24) is 4.72 Å². The van der Waals surface area contributed by atoms with E-state index in [1.54, 1.807) is 0 Å². The maximum absolute atomic E-state index is 13.6. The van der Waals surface area contributed by atoms with Crippen LogP contribution in [0.1, 0.15) is 25.3 Å². The molecule has 0 saturated heterocycles. The maximum atomic E-state index is 13.6. The van der Waals surface area contributed by atoms with Gasteiger partial charge in [-0.15, -0.1) is 0 Å². The molecule has 5 nitrogen and oxygen atoms in total. The summed E-state index contributed by atoms with van der Waals surface area (Å²) < 4.78 is 45.8. The summed E-state index contributed by atoms with van der Waals surface area (Å²) in [5, 5.41) is 0. The topological polar surface area (TPSA) is 81.4 Å². The number of sulfonamides is 1. The molecule has 1 aromatic carbocycles. The molecule has 0 amide bonds. The van der Waals surface area contributed by atoms with E-state index in [2.05, 4.69) is 4.72 Å². The van der Waals surface area contributed by atoms with Crippen LogP contribution in [0.4, 0.5) is 10.1 Å². The van der Waals surface area contributed by atoms with Gasteiger partial charge >= 0.3 is 0 Å². The number of nitrogens with one attached hydrogen (secondary N) is 1. The Morgan fingerprint density at radius 2 is 2.10 bits per heavy atom. The fraction of sp³-hybridized carbons (Fsp3) is 0.538. The van der Waals surface area contributed by atoms with Gasteiger partial charge in [-0.1, -0.05) is 13.3 Å². The largest absolute Gasteiger partial charge is 0.399 e. The summed E-state index contributed by atoms with van der Waals surface area (Å²) in [5.41, 5.74) is 5.65. The van der Waals surface area contributed by atoms with Gasteiger partial charge in [0.2, 0.25) is 10.0 Å². The molecular weight excluding hydrogens is 283 g/mol. The SMILES string of the molecule is CCCC(COC)NS(=O)(=O)c1cc(N)cc(F)c1C. The summed E-state index contributed by atoms with van der Waals surface area (Å²) in [6.07, 6.45) is 1.44. The molecular formula is C13H21FN2O3S. The monoisotopic (exact) mass is 304 g/mol. The Kier molecular flexibility index (Phi) is 5.91. The van der Waals surface area contributed by atoms with Crippen molar-refractivity contribution >= 4 is 15.7 Å². The number of hydrogen-bond acceptors (Lipinski definition) is 4. The van der Waals surface area contributed by atoms with Crippen molar-refractivity contribution in [2.75, 3.05) is 19.5 Å². The first-order valence-electron chi connectivity index (χ1n) is 6.38. The molecule has 0 fully saturated rings. The van der Waals surface area contributed by atoms with Gasteiger partial charge in [-0.25, -0.2) is 17.5 Å². The Hall–Kier alpha value is -1.18. The minimum Gasteiger partial charge on any atom is -0.399 e. The lowest BCUT2D eigenvalue weighted by atomic mass is 10.2. The van der Waals surface area contributed by atoms with Crippen LogP contribution in [0.2, 0.25) is 0 Å². The minimum atomic E-state index is -3.83. The number of nitrogen functional groups attached to an aromatic ring is 1. The Bertz CT molecular complexity index is 555. The molecule has 3 N–H and O–H groups in total. The predicted molar refractivity (Wildman–Crippen MR) is 76.4 cm³/mol. The molecule has 20 heavy (non-hydrogen) atoms. The Balaban J connectivity index is 3.10. The minimum absolute atomic E-state index is 0.0550. The second-order valence-corrected chi connectivity index (χ2v) is 6.37.